The van der Waals surface area contributed by atoms with Crippen molar-refractivity contribution in [1.29, 1.82) is 0 Å². The van der Waals surface area contributed by atoms with Gasteiger partial charge in [0.1, 0.15) is 0 Å². The van der Waals surface area contributed by atoms with Crippen LogP contribution in [0.15, 0.2) is 103 Å². The molecule has 84 heavy (non-hydrogen) atoms. The molecular formula is C64H74O8S12. The van der Waals surface area contributed by atoms with Gasteiger partial charge < -0.3 is 18.9 Å². The average molecular weight is 1360 g/mol. The summed E-state index contributed by atoms with van der Waals surface area (Å²) in [6, 6.07) is 27.8. The lowest BCUT2D eigenvalue weighted by Gasteiger charge is -2.06. The van der Waals surface area contributed by atoms with E-state index in [0.717, 1.165) is 126 Å². The summed E-state index contributed by atoms with van der Waals surface area (Å²) in [6.07, 6.45) is 18.1. The van der Waals surface area contributed by atoms with E-state index in [4.69, 9.17) is 18.9 Å². The molecule has 0 aliphatic heterocycles. The van der Waals surface area contributed by atoms with Crippen molar-refractivity contribution in [2.75, 3.05) is 51.5 Å². The molecule has 0 saturated heterocycles. The third-order valence-electron chi connectivity index (χ3n) is 13.7. The summed E-state index contributed by atoms with van der Waals surface area (Å²) in [6.45, 7) is 0. The van der Waals surface area contributed by atoms with Crippen LogP contribution in [0.1, 0.15) is 128 Å². The molecule has 8 aromatic heterocycles. The molecule has 0 atom stereocenters. The Labute approximate surface area is 545 Å². The zero-order chi connectivity index (χ0) is 58.9. The van der Waals surface area contributed by atoms with E-state index in [-0.39, 0.29) is 23.9 Å². The highest BCUT2D eigenvalue weighted by Gasteiger charge is 2.24. The van der Waals surface area contributed by atoms with Gasteiger partial charge in [0.15, 0.2) is 0 Å². The van der Waals surface area contributed by atoms with Crippen molar-refractivity contribution in [2.24, 2.45) is 0 Å². The third kappa shape index (κ3) is 20.5. The molecule has 0 N–H and O–H groups in total. The fourth-order valence-corrected chi connectivity index (χ4v) is 23.4. The fourth-order valence-electron chi connectivity index (χ4n) is 9.13. The van der Waals surface area contributed by atoms with E-state index in [2.05, 4.69) is 83.6 Å². The molecule has 8 nitrogen and oxygen atoms in total. The number of thiophene rings is 8. The van der Waals surface area contributed by atoms with Gasteiger partial charge >= 0.3 is 23.9 Å². The number of ether oxygens (including phenoxy) is 4. The number of thioether (sulfide) groups is 4. The van der Waals surface area contributed by atoms with Gasteiger partial charge in [0, 0.05) is 94.0 Å². The Balaban J connectivity index is 1.08. The van der Waals surface area contributed by atoms with Crippen molar-refractivity contribution in [3.05, 3.63) is 83.6 Å². The van der Waals surface area contributed by atoms with Crippen LogP contribution < -0.4 is 0 Å². The molecular weight excluding hydrogens is 1280 g/mol. The highest BCUT2D eigenvalue weighted by atomic mass is 32.2. The minimum absolute atomic E-state index is 0.128. The van der Waals surface area contributed by atoms with Crippen molar-refractivity contribution < 1.29 is 38.1 Å². The SMILES string of the molecule is COC(=O)CCCCCCSc1cc(-c2cccs2)sc1-c1ccc(-c2cc(SCCCCCCC(=O)OC)c(-c3sc(-c4ccc(-c5sc(-c6cccs6)cc5SCCCCCCC(=O)OC)s4)cc3SCCCCCCC(=O)OC)s2)s1. The number of methoxy groups -OCH3 is 4. The minimum atomic E-state index is -0.137. The largest absolute Gasteiger partial charge is 0.469 e. The van der Waals surface area contributed by atoms with Crippen LogP contribution in [-0.4, -0.2) is 75.3 Å². The smallest absolute Gasteiger partial charge is 0.305 e. The van der Waals surface area contributed by atoms with Gasteiger partial charge in [-0.3, -0.25) is 19.2 Å². The van der Waals surface area contributed by atoms with Crippen molar-refractivity contribution in [2.45, 2.75) is 148 Å². The lowest BCUT2D eigenvalue weighted by molar-refractivity contribution is -0.141. The normalized spacial score (nSPS) is 11.4. The summed E-state index contributed by atoms with van der Waals surface area (Å²) in [5, 5.41) is 4.32. The Morgan fingerprint density at radius 2 is 0.583 bits per heavy atom. The quantitative estimate of drug-likeness (QED) is 0.0159. The number of unbranched alkanes of at least 4 members (excludes halogenated alkanes) is 12. The molecule has 0 fully saturated rings. The number of carbonyl (C=O) groups is 4. The molecule has 0 bridgehead atoms. The summed E-state index contributed by atoms with van der Waals surface area (Å²) >= 11 is 22.9. The number of esters is 4. The minimum Gasteiger partial charge on any atom is -0.469 e. The Hall–Kier alpha value is -3.12. The molecule has 0 spiro atoms. The lowest BCUT2D eigenvalue weighted by Crippen LogP contribution is -1.99. The summed E-state index contributed by atoms with van der Waals surface area (Å²) < 4.78 is 19.5. The maximum atomic E-state index is 11.9. The van der Waals surface area contributed by atoms with E-state index in [1.807, 2.05) is 115 Å². The first-order valence-corrected chi connectivity index (χ1v) is 39.4. The van der Waals surface area contributed by atoms with Crippen LogP contribution in [0.2, 0.25) is 0 Å². The van der Waals surface area contributed by atoms with Crippen LogP contribution in [0.5, 0.6) is 0 Å². The highest BCUT2D eigenvalue weighted by molar-refractivity contribution is 8.00. The van der Waals surface area contributed by atoms with E-state index in [1.54, 1.807) is 22.7 Å². The fraction of sp³-hybridized carbons (Fsp3) is 0.438. The number of hydrogen-bond acceptors (Lipinski definition) is 20. The van der Waals surface area contributed by atoms with Gasteiger partial charge in [-0.2, -0.15) is 0 Å². The zero-order valence-electron chi connectivity index (χ0n) is 48.2. The average Bonchev–Trinajstić information content (AvgIpc) is 4.03. The predicted octanol–water partition coefficient (Wildman–Crippen LogP) is 22.7. The van der Waals surface area contributed by atoms with Gasteiger partial charge in [-0.25, -0.2) is 0 Å². The molecule has 0 amide bonds. The predicted molar refractivity (Wildman–Crippen MR) is 371 cm³/mol. The second-order valence-electron chi connectivity index (χ2n) is 19.9. The number of rotatable bonds is 39. The van der Waals surface area contributed by atoms with Gasteiger partial charge in [-0.1, -0.05) is 63.5 Å². The molecule has 0 saturated carbocycles. The summed E-state index contributed by atoms with van der Waals surface area (Å²) in [7, 11) is 5.85. The van der Waals surface area contributed by atoms with E-state index in [9.17, 15) is 19.2 Å². The zero-order valence-corrected chi connectivity index (χ0v) is 58.0. The van der Waals surface area contributed by atoms with Crippen LogP contribution in [0.3, 0.4) is 0 Å². The second kappa shape index (κ2) is 36.4. The van der Waals surface area contributed by atoms with Crippen LogP contribution in [0, 0.1) is 0 Å². The lowest BCUT2D eigenvalue weighted by atomic mass is 10.1. The van der Waals surface area contributed by atoms with E-state index in [1.165, 1.54) is 116 Å². The summed E-state index contributed by atoms with van der Waals surface area (Å²) in [4.78, 5) is 70.7. The first-order valence-electron chi connectivity index (χ1n) is 28.8. The molecule has 8 heterocycles. The maximum Gasteiger partial charge on any atom is 0.305 e. The monoisotopic (exact) mass is 1350 g/mol. The Morgan fingerprint density at radius 1 is 0.310 bits per heavy atom. The first-order chi connectivity index (χ1) is 41.1. The van der Waals surface area contributed by atoms with Gasteiger partial charge in [0.05, 0.1) is 47.9 Å². The molecule has 8 rings (SSSR count). The molecule has 0 aliphatic rings. The van der Waals surface area contributed by atoms with Crippen LogP contribution in [0.4, 0.5) is 0 Å². The second-order valence-corrected chi connectivity index (χ2v) is 32.7. The van der Waals surface area contributed by atoms with Crippen molar-refractivity contribution in [3.63, 3.8) is 0 Å². The van der Waals surface area contributed by atoms with Crippen molar-refractivity contribution in [3.8, 4) is 68.3 Å². The standard InChI is InChI=1S/C64H74O8S12/c1-69-57(65)25-13-5-9-17-33-75-53-39-49(43-23-21-37-73-43)81-61(53)47-31-29-45(79-47)51-41-55(77-35-19-11-7-15-27-59(67)71-3)63(83-51)64-56(78-36-20-12-8-16-28-60(68)72-4)42-52(84-64)46-30-32-48(80-46)62-54(40-50(82-62)44-24-22-38-74-44)76-34-18-10-6-14-26-58(66)70-2/h21-24,29-32,37-42H,5-20,25-28,33-36H2,1-4H3. The van der Waals surface area contributed by atoms with E-state index in [0.29, 0.717) is 25.7 Å². The van der Waals surface area contributed by atoms with Gasteiger partial charge in [0.25, 0.3) is 0 Å². The summed E-state index contributed by atoms with van der Waals surface area (Å²) in [5.41, 5.74) is 0. The molecule has 8 aromatic rings. The molecule has 0 aromatic carbocycles. The highest BCUT2D eigenvalue weighted by Crippen LogP contribution is 2.55. The third-order valence-corrected chi connectivity index (χ3v) is 28.5. The van der Waals surface area contributed by atoms with Gasteiger partial charge in [-0.15, -0.1) is 138 Å². The van der Waals surface area contributed by atoms with Gasteiger partial charge in [0.2, 0.25) is 0 Å². The first kappa shape index (κ1) is 66.8. The summed E-state index contributed by atoms with van der Waals surface area (Å²) in [5.74, 6) is 3.52. The topological polar surface area (TPSA) is 105 Å². The number of carbonyl (C=O) groups excluding carboxylic acids is 4. The van der Waals surface area contributed by atoms with E-state index >= 15 is 0 Å². The Kier molecular flexibility index (Phi) is 28.9. The Morgan fingerprint density at radius 3 is 0.881 bits per heavy atom. The van der Waals surface area contributed by atoms with Gasteiger partial charge in [-0.05, 0) is 146 Å². The molecule has 0 radical (unpaired) electrons. The molecule has 20 heteroatoms. The van der Waals surface area contributed by atoms with E-state index < -0.39 is 0 Å². The number of hydrogen-bond donors (Lipinski definition) is 0. The van der Waals surface area contributed by atoms with Crippen molar-refractivity contribution in [1.82, 2.24) is 0 Å². The Bertz CT molecular complexity index is 3040. The van der Waals surface area contributed by atoms with Crippen LogP contribution >= 0.6 is 138 Å². The maximum absolute atomic E-state index is 11.9. The molecule has 0 unspecified atom stereocenters. The molecule has 0 aliphatic carbocycles. The van der Waals surface area contributed by atoms with Crippen LogP contribution in [-0.2, 0) is 38.1 Å². The molecule has 450 valence electrons. The van der Waals surface area contributed by atoms with Crippen molar-refractivity contribution >= 4 is 162 Å². The van der Waals surface area contributed by atoms with Crippen LogP contribution in [0.25, 0.3) is 68.3 Å².